The maximum atomic E-state index is 14.5. The number of carbonyl (C=O) groups excluding carboxylic acids is 2. The van der Waals surface area contributed by atoms with Crippen LogP contribution >= 0.6 is 0 Å². The Labute approximate surface area is 272 Å². The summed E-state index contributed by atoms with van der Waals surface area (Å²) < 4.78 is 40.5. The second-order valence-corrected chi connectivity index (χ2v) is 15.9. The monoisotopic (exact) mass is 646 g/mol. The summed E-state index contributed by atoms with van der Waals surface area (Å²) in [6.07, 6.45) is 5.35. The molecule has 9 aliphatic rings. The standard InChI is InChI=1S/C20H22FNO3.C17H18FNO3/c21-13-4-3-12-9-15-20(24)6-5-14(23)18-19(20,16(12)17(13)25-18)7-8-22(15)10-11-1-2-11;1-19-7-6-16-13-9-2-3-10(18)14(13)22-15(16)11(20)4-5-17(16,21)12(19)8-9/h3-4,11,15,18,24H,1-2,5-10H2;2-3,12,15,21H,4-8H2,1H3/t15-,18+,19+,20-;12-,15+,16+,17-/m11/s1. The van der Waals surface area contributed by atoms with Gasteiger partial charge in [0.1, 0.15) is 0 Å². The zero-order valence-electron chi connectivity index (χ0n) is 26.6. The van der Waals surface area contributed by atoms with E-state index in [2.05, 4.69) is 9.80 Å². The van der Waals surface area contributed by atoms with Crippen LogP contribution in [0.25, 0.3) is 0 Å². The van der Waals surface area contributed by atoms with E-state index in [4.69, 9.17) is 9.47 Å². The van der Waals surface area contributed by atoms with Gasteiger partial charge in [0.25, 0.3) is 0 Å². The third-order valence-corrected chi connectivity index (χ3v) is 14.0. The summed E-state index contributed by atoms with van der Waals surface area (Å²) in [5.74, 6) is 0.374. The van der Waals surface area contributed by atoms with Crippen LogP contribution in [-0.4, -0.2) is 93.8 Å². The number of rotatable bonds is 2. The summed E-state index contributed by atoms with van der Waals surface area (Å²) in [5, 5.41) is 23.5. The highest BCUT2D eigenvalue weighted by Crippen LogP contribution is 2.65. The summed E-state index contributed by atoms with van der Waals surface area (Å²) in [6.45, 7) is 2.67. The van der Waals surface area contributed by atoms with Crippen LogP contribution in [0.15, 0.2) is 24.3 Å². The highest BCUT2D eigenvalue weighted by Gasteiger charge is 2.74. The number of nitrogens with zero attached hydrogens (tertiary/aromatic N) is 2. The summed E-state index contributed by atoms with van der Waals surface area (Å²) >= 11 is 0. The number of Topliss-reactive ketones (excluding diaryl/α,β-unsaturated/α-hetero) is 2. The Bertz CT molecular complexity index is 1780. The number of benzene rings is 2. The van der Waals surface area contributed by atoms with Gasteiger partial charge in [-0.25, -0.2) is 8.78 Å². The lowest BCUT2D eigenvalue weighted by atomic mass is 9.49. The number of likely N-dealkylation sites (tertiary alicyclic amines) is 2. The Morgan fingerprint density at radius 3 is 1.83 bits per heavy atom. The first kappa shape index (κ1) is 29.0. The first-order chi connectivity index (χ1) is 22.5. The van der Waals surface area contributed by atoms with E-state index in [1.165, 1.54) is 25.0 Å². The van der Waals surface area contributed by atoms with Gasteiger partial charge in [-0.15, -0.1) is 0 Å². The van der Waals surface area contributed by atoms with Crippen molar-refractivity contribution < 1.29 is 38.1 Å². The van der Waals surface area contributed by atoms with Gasteiger partial charge in [0.05, 0.1) is 22.0 Å². The summed E-state index contributed by atoms with van der Waals surface area (Å²) in [4.78, 5) is 29.8. The van der Waals surface area contributed by atoms with E-state index in [1.807, 2.05) is 13.1 Å². The second kappa shape index (κ2) is 9.20. The third kappa shape index (κ3) is 3.32. The molecule has 4 aliphatic heterocycles. The van der Waals surface area contributed by atoms with Crippen LogP contribution in [0.5, 0.6) is 11.5 Å². The van der Waals surface area contributed by atoms with E-state index in [1.54, 1.807) is 6.07 Å². The molecule has 5 fully saturated rings. The fourth-order valence-corrected chi connectivity index (χ4v) is 11.8. The topological polar surface area (TPSA) is 99.5 Å². The number of aliphatic hydroxyl groups is 2. The molecule has 0 radical (unpaired) electrons. The molecule has 11 rings (SSSR count). The summed E-state index contributed by atoms with van der Waals surface area (Å²) in [6, 6.07) is 6.49. The number of carbonyl (C=O) groups is 2. The second-order valence-electron chi connectivity index (χ2n) is 15.9. The Hall–Kier alpha value is -2.92. The van der Waals surface area contributed by atoms with E-state index >= 15 is 0 Å². The predicted molar refractivity (Wildman–Crippen MR) is 165 cm³/mol. The molecule has 4 bridgehead atoms. The third-order valence-electron chi connectivity index (χ3n) is 14.0. The normalized spacial score (nSPS) is 41.7. The van der Waals surface area contributed by atoms with Crippen molar-refractivity contribution in [2.45, 2.75) is 111 Å². The average Bonchev–Trinajstić information content (AvgIpc) is 3.68. The minimum absolute atomic E-state index is 0.00331. The van der Waals surface area contributed by atoms with Crippen LogP contribution in [0.4, 0.5) is 8.78 Å². The molecule has 4 heterocycles. The van der Waals surface area contributed by atoms with Crippen molar-refractivity contribution in [2.75, 3.05) is 26.7 Å². The Balaban J connectivity index is 0.000000122. The van der Waals surface area contributed by atoms with E-state index in [9.17, 15) is 28.6 Å². The molecular formula is C37H40F2N2O6. The molecule has 0 amide bonds. The van der Waals surface area contributed by atoms with Crippen molar-refractivity contribution in [3.63, 3.8) is 0 Å². The van der Waals surface area contributed by atoms with Gasteiger partial charge in [0, 0.05) is 42.6 Å². The Kier molecular flexibility index (Phi) is 5.68. The first-order valence-electron chi connectivity index (χ1n) is 17.4. The lowest BCUT2D eigenvalue weighted by molar-refractivity contribution is -0.188. The zero-order chi connectivity index (χ0) is 32.2. The average molecular weight is 647 g/mol. The fourth-order valence-electron chi connectivity index (χ4n) is 11.8. The van der Waals surface area contributed by atoms with Gasteiger partial charge in [0.2, 0.25) is 0 Å². The van der Waals surface area contributed by atoms with E-state index in [-0.39, 0.29) is 35.1 Å². The van der Waals surface area contributed by atoms with Crippen molar-refractivity contribution in [3.8, 4) is 11.5 Å². The largest absolute Gasteiger partial charge is 0.478 e. The number of ketones is 2. The number of halogens is 2. The van der Waals surface area contributed by atoms with Gasteiger partial charge in [-0.1, -0.05) is 12.1 Å². The van der Waals surface area contributed by atoms with E-state index in [0.29, 0.717) is 44.9 Å². The molecule has 2 aromatic carbocycles. The van der Waals surface area contributed by atoms with E-state index in [0.717, 1.165) is 54.2 Å². The Morgan fingerprint density at radius 1 is 0.766 bits per heavy atom. The minimum atomic E-state index is -1.01. The van der Waals surface area contributed by atoms with Crippen LogP contribution < -0.4 is 9.47 Å². The molecule has 8 nitrogen and oxygen atoms in total. The number of piperidine rings is 2. The smallest absolute Gasteiger partial charge is 0.174 e. The summed E-state index contributed by atoms with van der Waals surface area (Å²) in [7, 11) is 2.02. The predicted octanol–water partition coefficient (Wildman–Crippen LogP) is 3.14. The van der Waals surface area contributed by atoms with Gasteiger partial charge in [-0.05, 0) is 101 Å². The lowest BCUT2D eigenvalue weighted by Gasteiger charge is -2.62. The van der Waals surface area contributed by atoms with Crippen LogP contribution in [0, 0.1) is 17.6 Å². The molecule has 10 heteroatoms. The van der Waals surface area contributed by atoms with Crippen LogP contribution in [-0.2, 0) is 33.3 Å². The van der Waals surface area contributed by atoms with Gasteiger partial charge < -0.3 is 24.6 Å². The number of likely N-dealkylation sites (N-methyl/N-ethyl adjacent to an activating group) is 1. The molecule has 2 spiro atoms. The van der Waals surface area contributed by atoms with Crippen molar-refractivity contribution in [1.82, 2.24) is 9.80 Å². The van der Waals surface area contributed by atoms with Crippen LogP contribution in [0.1, 0.15) is 73.6 Å². The molecular weight excluding hydrogens is 606 g/mol. The number of hydrogen-bond acceptors (Lipinski definition) is 8. The molecule has 0 aromatic heterocycles. The SMILES string of the molecule is CN1CC[C@]23c4c5ccc(F)c4O[C@H]2C(=O)CC[C@@]3(O)[C@H]1C5.O=C1CC[C@@]2(O)[C@H]3Cc4ccc(F)c5c4[C@@]2(CCN3CC2CC2)[C@H]1O5. The van der Waals surface area contributed by atoms with Gasteiger partial charge >= 0.3 is 0 Å². The molecule has 0 unspecified atom stereocenters. The maximum absolute atomic E-state index is 14.5. The fraction of sp³-hybridized carbons (Fsp3) is 0.622. The van der Waals surface area contributed by atoms with Crippen LogP contribution in [0.2, 0.25) is 0 Å². The van der Waals surface area contributed by atoms with Crippen molar-refractivity contribution in [2.24, 2.45) is 5.92 Å². The molecule has 248 valence electrons. The molecule has 3 saturated carbocycles. The van der Waals surface area contributed by atoms with E-state index < -0.39 is 45.9 Å². The zero-order valence-corrected chi connectivity index (χ0v) is 26.6. The van der Waals surface area contributed by atoms with Crippen molar-refractivity contribution in [3.05, 3.63) is 58.2 Å². The molecule has 2 aromatic rings. The quantitative estimate of drug-likeness (QED) is 0.514. The van der Waals surface area contributed by atoms with Crippen molar-refractivity contribution >= 4 is 11.6 Å². The van der Waals surface area contributed by atoms with Gasteiger partial charge in [0.15, 0.2) is 46.9 Å². The molecule has 47 heavy (non-hydrogen) atoms. The molecule has 2 saturated heterocycles. The van der Waals surface area contributed by atoms with Gasteiger partial charge in [-0.3, -0.25) is 14.5 Å². The highest BCUT2D eigenvalue weighted by molar-refractivity contribution is 5.90. The highest BCUT2D eigenvalue weighted by atomic mass is 19.1. The lowest BCUT2D eigenvalue weighted by Crippen LogP contribution is -2.76. The van der Waals surface area contributed by atoms with Crippen LogP contribution in [0.3, 0.4) is 0 Å². The molecule has 5 aliphatic carbocycles. The first-order valence-corrected chi connectivity index (χ1v) is 17.4. The minimum Gasteiger partial charge on any atom is -0.478 e. The number of ether oxygens (including phenoxy) is 2. The number of hydrogen-bond donors (Lipinski definition) is 2. The Morgan fingerprint density at radius 2 is 1.28 bits per heavy atom. The van der Waals surface area contributed by atoms with Gasteiger partial charge in [-0.2, -0.15) is 0 Å². The molecule has 8 atom stereocenters. The summed E-state index contributed by atoms with van der Waals surface area (Å²) in [5.41, 5.74) is 0.143. The van der Waals surface area contributed by atoms with Crippen molar-refractivity contribution in [1.29, 1.82) is 0 Å². The molecule has 2 N–H and O–H groups in total. The maximum Gasteiger partial charge on any atom is 0.174 e.